The van der Waals surface area contributed by atoms with Gasteiger partial charge in [0.05, 0.1) is 0 Å². The van der Waals surface area contributed by atoms with Crippen molar-refractivity contribution in [2.75, 3.05) is 6.54 Å². The van der Waals surface area contributed by atoms with E-state index in [1.165, 1.54) is 11.1 Å². The van der Waals surface area contributed by atoms with E-state index in [1.807, 2.05) is 17.8 Å². The second-order valence-electron chi connectivity index (χ2n) is 5.14. The normalized spacial score (nSPS) is 22.3. The number of aryl methyl sites for hydroxylation is 1. The first-order chi connectivity index (χ1) is 7.97. The van der Waals surface area contributed by atoms with Gasteiger partial charge in [0.1, 0.15) is 5.82 Å². The van der Waals surface area contributed by atoms with Crippen LogP contribution in [0.15, 0.2) is 12.1 Å². The van der Waals surface area contributed by atoms with Gasteiger partial charge in [-0.25, -0.2) is 4.39 Å². The van der Waals surface area contributed by atoms with Crippen molar-refractivity contribution in [1.82, 2.24) is 5.32 Å². The molecule has 0 saturated carbocycles. The molecule has 0 saturated heterocycles. The zero-order chi connectivity index (χ0) is 12.6. The maximum atomic E-state index is 14.1. The van der Waals surface area contributed by atoms with Crippen LogP contribution in [0.3, 0.4) is 0 Å². The van der Waals surface area contributed by atoms with Gasteiger partial charge < -0.3 is 5.32 Å². The molecule has 1 aliphatic heterocycles. The van der Waals surface area contributed by atoms with Crippen LogP contribution in [0.4, 0.5) is 4.39 Å². The van der Waals surface area contributed by atoms with Crippen LogP contribution >= 0.6 is 11.8 Å². The van der Waals surface area contributed by atoms with Gasteiger partial charge in [0.25, 0.3) is 0 Å². The molecule has 1 aliphatic rings. The summed E-state index contributed by atoms with van der Waals surface area (Å²) in [5, 5.41) is 3.44. The van der Waals surface area contributed by atoms with E-state index in [-0.39, 0.29) is 16.6 Å². The SMILES string of the molecule is CCNC1c2c(F)ccc(C)c2CSC1(C)C. The van der Waals surface area contributed by atoms with Gasteiger partial charge >= 0.3 is 0 Å². The number of nitrogens with one attached hydrogen (secondary N) is 1. The second kappa shape index (κ2) is 4.62. The molecule has 0 radical (unpaired) electrons. The Hall–Kier alpha value is -0.540. The number of hydrogen-bond acceptors (Lipinski definition) is 2. The number of rotatable bonds is 2. The fraction of sp³-hybridized carbons (Fsp3) is 0.571. The minimum absolute atomic E-state index is 0.0393. The van der Waals surface area contributed by atoms with Gasteiger partial charge in [0.2, 0.25) is 0 Å². The molecule has 0 aliphatic carbocycles. The maximum Gasteiger partial charge on any atom is 0.128 e. The van der Waals surface area contributed by atoms with E-state index >= 15 is 0 Å². The first-order valence-corrected chi connectivity index (χ1v) is 7.11. The molecule has 17 heavy (non-hydrogen) atoms. The molecule has 0 aromatic heterocycles. The fourth-order valence-corrected chi connectivity index (χ4v) is 3.76. The second-order valence-corrected chi connectivity index (χ2v) is 6.77. The summed E-state index contributed by atoms with van der Waals surface area (Å²) in [4.78, 5) is 0. The summed E-state index contributed by atoms with van der Waals surface area (Å²) in [6, 6.07) is 3.59. The van der Waals surface area contributed by atoms with E-state index in [4.69, 9.17) is 0 Å². The van der Waals surface area contributed by atoms with Crippen molar-refractivity contribution in [2.45, 2.75) is 44.2 Å². The van der Waals surface area contributed by atoms with Crippen LogP contribution in [-0.4, -0.2) is 11.3 Å². The molecular formula is C14H20FNS. The molecule has 3 heteroatoms. The molecular weight excluding hydrogens is 233 g/mol. The zero-order valence-electron chi connectivity index (χ0n) is 10.9. The molecule has 0 spiro atoms. The minimum Gasteiger partial charge on any atom is -0.309 e. The van der Waals surface area contributed by atoms with E-state index < -0.39 is 0 Å². The highest BCUT2D eigenvalue weighted by molar-refractivity contribution is 8.00. The quantitative estimate of drug-likeness (QED) is 0.860. The minimum atomic E-state index is -0.0649. The topological polar surface area (TPSA) is 12.0 Å². The average molecular weight is 253 g/mol. The molecule has 0 fully saturated rings. The van der Waals surface area contributed by atoms with Gasteiger partial charge in [-0.3, -0.25) is 0 Å². The molecule has 94 valence electrons. The van der Waals surface area contributed by atoms with Crippen LogP contribution in [0.1, 0.15) is 43.5 Å². The Kier molecular flexibility index (Phi) is 3.50. The van der Waals surface area contributed by atoms with Crippen LogP contribution in [0.5, 0.6) is 0 Å². The lowest BCUT2D eigenvalue weighted by molar-refractivity contribution is 0.429. The summed E-state index contributed by atoms with van der Waals surface area (Å²) in [6.07, 6.45) is 0. The van der Waals surface area contributed by atoms with Crippen LogP contribution in [0.2, 0.25) is 0 Å². The van der Waals surface area contributed by atoms with Crippen molar-refractivity contribution >= 4 is 11.8 Å². The Morgan fingerprint density at radius 3 is 2.82 bits per heavy atom. The molecule has 0 bridgehead atoms. The van der Waals surface area contributed by atoms with E-state index in [1.54, 1.807) is 6.07 Å². The van der Waals surface area contributed by atoms with Crippen molar-refractivity contribution in [3.63, 3.8) is 0 Å². The lowest BCUT2D eigenvalue weighted by atomic mass is 9.88. The highest BCUT2D eigenvalue weighted by atomic mass is 32.2. The van der Waals surface area contributed by atoms with Crippen molar-refractivity contribution in [2.24, 2.45) is 0 Å². The largest absolute Gasteiger partial charge is 0.309 e. The van der Waals surface area contributed by atoms with Crippen molar-refractivity contribution in [1.29, 1.82) is 0 Å². The lowest BCUT2D eigenvalue weighted by Crippen LogP contribution is -2.40. The highest BCUT2D eigenvalue weighted by Crippen LogP contribution is 2.47. The summed E-state index contributed by atoms with van der Waals surface area (Å²) in [7, 11) is 0. The number of halogens is 1. The third-order valence-electron chi connectivity index (χ3n) is 3.52. The first kappa shape index (κ1) is 12.9. The third-order valence-corrected chi connectivity index (χ3v) is 4.93. The number of fused-ring (bicyclic) bond motifs is 1. The van der Waals surface area contributed by atoms with Gasteiger partial charge in [0, 0.05) is 22.1 Å². The van der Waals surface area contributed by atoms with E-state index in [0.29, 0.717) is 0 Å². The molecule has 0 amide bonds. The monoisotopic (exact) mass is 253 g/mol. The van der Waals surface area contributed by atoms with Crippen molar-refractivity contribution in [3.05, 3.63) is 34.6 Å². The summed E-state index contributed by atoms with van der Waals surface area (Å²) in [5.41, 5.74) is 3.27. The van der Waals surface area contributed by atoms with E-state index in [0.717, 1.165) is 17.9 Å². The summed E-state index contributed by atoms with van der Waals surface area (Å²) in [6.45, 7) is 9.38. The van der Waals surface area contributed by atoms with Gasteiger partial charge in [-0.05, 0) is 44.5 Å². The smallest absolute Gasteiger partial charge is 0.128 e. The Labute approximate surface area is 107 Å². The third kappa shape index (κ3) is 2.23. The van der Waals surface area contributed by atoms with Crippen LogP contribution in [0.25, 0.3) is 0 Å². The average Bonchev–Trinajstić information content (AvgIpc) is 2.27. The number of hydrogen-bond donors (Lipinski definition) is 1. The summed E-state index contributed by atoms with van der Waals surface area (Å²) >= 11 is 1.90. The van der Waals surface area contributed by atoms with E-state index in [2.05, 4.69) is 33.0 Å². The highest BCUT2D eigenvalue weighted by Gasteiger charge is 2.38. The molecule has 1 heterocycles. The zero-order valence-corrected chi connectivity index (χ0v) is 11.7. The van der Waals surface area contributed by atoms with Crippen LogP contribution < -0.4 is 5.32 Å². The molecule has 1 aromatic carbocycles. The van der Waals surface area contributed by atoms with Gasteiger partial charge in [0.15, 0.2) is 0 Å². The summed E-state index contributed by atoms with van der Waals surface area (Å²) < 4.78 is 14.2. The van der Waals surface area contributed by atoms with Crippen molar-refractivity contribution in [3.8, 4) is 0 Å². The molecule has 1 N–H and O–H groups in total. The number of thioether (sulfide) groups is 1. The van der Waals surface area contributed by atoms with Gasteiger partial charge in [-0.2, -0.15) is 0 Å². The van der Waals surface area contributed by atoms with Gasteiger partial charge in [-0.1, -0.05) is 13.0 Å². The fourth-order valence-electron chi connectivity index (χ4n) is 2.49. The first-order valence-electron chi connectivity index (χ1n) is 6.12. The van der Waals surface area contributed by atoms with Gasteiger partial charge in [-0.15, -0.1) is 11.8 Å². The molecule has 1 atom stereocenters. The maximum absolute atomic E-state index is 14.1. The van der Waals surface area contributed by atoms with Crippen molar-refractivity contribution < 1.29 is 4.39 Å². The predicted molar refractivity (Wildman–Crippen MR) is 72.9 cm³/mol. The standard InChI is InChI=1S/C14H20FNS/c1-5-16-13-12-10(8-17-14(13,3)4)9(2)6-7-11(12)15/h6-7,13,16H,5,8H2,1-4H3. The summed E-state index contributed by atoms with van der Waals surface area (Å²) in [5.74, 6) is 0.846. The Morgan fingerprint density at radius 2 is 2.18 bits per heavy atom. The Bertz CT molecular complexity index is 428. The van der Waals surface area contributed by atoms with Crippen LogP contribution in [0, 0.1) is 12.7 Å². The molecule has 1 unspecified atom stereocenters. The predicted octanol–water partition coefficient (Wildman–Crippen LogP) is 3.81. The Morgan fingerprint density at radius 1 is 1.47 bits per heavy atom. The van der Waals surface area contributed by atoms with E-state index in [9.17, 15) is 4.39 Å². The number of benzene rings is 1. The Balaban J connectivity index is 2.55. The van der Waals surface area contributed by atoms with Crippen LogP contribution in [-0.2, 0) is 5.75 Å². The molecule has 2 rings (SSSR count). The lowest BCUT2D eigenvalue weighted by Gasteiger charge is -2.40. The molecule has 1 aromatic rings. The molecule has 1 nitrogen and oxygen atoms in total.